The lowest BCUT2D eigenvalue weighted by Gasteiger charge is -2.45. The van der Waals surface area contributed by atoms with Crippen molar-refractivity contribution in [1.29, 1.82) is 0 Å². The minimum atomic E-state index is -0.0876. The molecule has 0 spiro atoms. The monoisotopic (exact) mass is 405 g/mol. The van der Waals surface area contributed by atoms with Gasteiger partial charge in [0.15, 0.2) is 0 Å². The molecule has 4 heteroatoms. The third-order valence-electron chi connectivity index (χ3n) is 5.52. The molecular formula is C23H29Cl2NO. The first kappa shape index (κ1) is 20.7. The Bertz CT molecular complexity index is 744. The van der Waals surface area contributed by atoms with Crippen molar-refractivity contribution in [3.8, 4) is 0 Å². The van der Waals surface area contributed by atoms with Crippen LogP contribution in [-0.2, 0) is 17.7 Å². The van der Waals surface area contributed by atoms with Crippen LogP contribution in [0.2, 0.25) is 10.0 Å². The van der Waals surface area contributed by atoms with Gasteiger partial charge >= 0.3 is 0 Å². The van der Waals surface area contributed by atoms with Crippen molar-refractivity contribution in [3.05, 3.63) is 69.7 Å². The van der Waals surface area contributed by atoms with Crippen molar-refractivity contribution >= 4 is 23.2 Å². The highest BCUT2D eigenvalue weighted by Crippen LogP contribution is 2.44. The Morgan fingerprint density at radius 1 is 1.04 bits per heavy atom. The summed E-state index contributed by atoms with van der Waals surface area (Å²) in [5.41, 5.74) is 2.62. The molecule has 2 aromatic rings. The van der Waals surface area contributed by atoms with E-state index in [9.17, 15) is 0 Å². The lowest BCUT2D eigenvalue weighted by molar-refractivity contribution is -0.107. The molecule has 1 saturated heterocycles. The topological polar surface area (TPSA) is 21.3 Å². The van der Waals surface area contributed by atoms with Gasteiger partial charge in [-0.05, 0) is 80.8 Å². The molecule has 0 aromatic heterocycles. The van der Waals surface area contributed by atoms with E-state index in [1.807, 2.05) is 24.3 Å². The Hall–Kier alpha value is -1.06. The zero-order valence-corrected chi connectivity index (χ0v) is 17.7. The van der Waals surface area contributed by atoms with Crippen molar-refractivity contribution in [2.24, 2.45) is 5.41 Å². The van der Waals surface area contributed by atoms with E-state index in [0.29, 0.717) is 0 Å². The van der Waals surface area contributed by atoms with Gasteiger partial charge in [-0.15, -0.1) is 0 Å². The normalized spacial score (nSPS) is 21.9. The summed E-state index contributed by atoms with van der Waals surface area (Å²) in [6.45, 7) is 7.06. The summed E-state index contributed by atoms with van der Waals surface area (Å²) in [7, 11) is 0. The van der Waals surface area contributed by atoms with E-state index in [1.165, 1.54) is 11.1 Å². The average Bonchev–Trinajstić information content (AvgIpc) is 2.62. The molecule has 0 radical (unpaired) electrons. The lowest BCUT2D eigenvalue weighted by atomic mass is 9.68. The minimum Gasteiger partial charge on any atom is -0.376 e. The Kier molecular flexibility index (Phi) is 6.86. The molecule has 1 fully saturated rings. The van der Waals surface area contributed by atoms with Gasteiger partial charge in [0, 0.05) is 23.2 Å². The number of halogens is 2. The van der Waals surface area contributed by atoms with Crippen LogP contribution in [0.3, 0.4) is 0 Å². The zero-order valence-electron chi connectivity index (χ0n) is 16.2. The Balaban J connectivity index is 1.65. The zero-order chi connectivity index (χ0) is 19.3. The van der Waals surface area contributed by atoms with Gasteiger partial charge in [0.25, 0.3) is 0 Å². The maximum absolute atomic E-state index is 6.47. The quantitative estimate of drug-likeness (QED) is 0.546. The smallest absolute Gasteiger partial charge is 0.0631 e. The maximum Gasteiger partial charge on any atom is 0.0631 e. The Morgan fingerprint density at radius 2 is 1.78 bits per heavy atom. The molecular weight excluding hydrogens is 377 g/mol. The Morgan fingerprint density at radius 3 is 2.48 bits per heavy atom. The summed E-state index contributed by atoms with van der Waals surface area (Å²) < 4.78 is 6.01. The highest BCUT2D eigenvalue weighted by molar-refractivity contribution is 6.31. The van der Waals surface area contributed by atoms with Crippen molar-refractivity contribution in [2.75, 3.05) is 13.2 Å². The number of ether oxygens (including phenoxy) is 1. The fourth-order valence-corrected chi connectivity index (χ4v) is 4.60. The molecule has 27 heavy (non-hydrogen) atoms. The Labute approximate surface area is 173 Å². The van der Waals surface area contributed by atoms with Crippen LogP contribution < -0.4 is 5.32 Å². The van der Waals surface area contributed by atoms with Gasteiger partial charge in [0.1, 0.15) is 0 Å². The summed E-state index contributed by atoms with van der Waals surface area (Å²) in [5, 5.41) is 5.25. The predicted octanol–water partition coefficient (Wildman–Crippen LogP) is 6.29. The minimum absolute atomic E-state index is 0.0876. The van der Waals surface area contributed by atoms with Crippen LogP contribution in [0.1, 0.15) is 44.2 Å². The predicted molar refractivity (Wildman–Crippen MR) is 115 cm³/mol. The molecule has 1 unspecified atom stereocenters. The summed E-state index contributed by atoms with van der Waals surface area (Å²) in [5.74, 6) is 0. The van der Waals surface area contributed by atoms with E-state index in [4.69, 9.17) is 27.9 Å². The lowest BCUT2D eigenvalue weighted by Crippen LogP contribution is -2.43. The second kappa shape index (κ2) is 8.96. The largest absolute Gasteiger partial charge is 0.376 e. The highest BCUT2D eigenvalue weighted by Gasteiger charge is 2.40. The van der Waals surface area contributed by atoms with Crippen LogP contribution in [0.4, 0.5) is 0 Å². The number of benzene rings is 2. The van der Waals surface area contributed by atoms with Crippen molar-refractivity contribution < 1.29 is 4.74 Å². The number of nitrogens with one attached hydrogen (secondary N) is 1. The van der Waals surface area contributed by atoms with E-state index in [-0.39, 0.29) is 11.0 Å². The second-order valence-corrected chi connectivity index (χ2v) is 9.20. The molecule has 0 bridgehead atoms. The number of rotatable bonds is 7. The maximum atomic E-state index is 6.47. The summed E-state index contributed by atoms with van der Waals surface area (Å²) >= 11 is 12.4. The van der Waals surface area contributed by atoms with E-state index >= 15 is 0 Å². The van der Waals surface area contributed by atoms with E-state index < -0.39 is 0 Å². The third-order valence-corrected chi connectivity index (χ3v) is 6.14. The van der Waals surface area contributed by atoms with Crippen molar-refractivity contribution in [3.63, 3.8) is 0 Å². The summed E-state index contributed by atoms with van der Waals surface area (Å²) in [4.78, 5) is 0. The molecule has 1 atom stereocenters. The van der Waals surface area contributed by atoms with Crippen molar-refractivity contribution in [2.45, 2.75) is 51.7 Å². The van der Waals surface area contributed by atoms with Gasteiger partial charge in [-0.25, -0.2) is 0 Å². The fraction of sp³-hybridized carbons (Fsp3) is 0.478. The molecule has 0 aliphatic carbocycles. The third kappa shape index (κ3) is 5.96. The molecule has 146 valence electrons. The molecule has 0 amide bonds. The summed E-state index contributed by atoms with van der Waals surface area (Å²) in [6.07, 6.45) is 4.23. The molecule has 2 aromatic carbocycles. The molecule has 1 N–H and O–H groups in total. The summed E-state index contributed by atoms with van der Waals surface area (Å²) in [6, 6.07) is 16.3. The standard InChI is InChI=1S/C23H29Cl2NO/c1-22(2)17-23(12-14-27-22,15-19-5-3-4-6-21(19)25)11-13-26-16-18-7-9-20(24)10-8-18/h3-10,26H,11-17H2,1-2H3. The van der Waals surface area contributed by atoms with Crippen LogP contribution >= 0.6 is 23.2 Å². The van der Waals surface area contributed by atoms with E-state index in [1.54, 1.807) is 0 Å². The van der Waals surface area contributed by atoms with E-state index in [0.717, 1.165) is 55.4 Å². The SMILES string of the molecule is CC1(C)CC(CCNCc2ccc(Cl)cc2)(Cc2ccccc2Cl)CCO1. The molecule has 1 aliphatic heterocycles. The fourth-order valence-electron chi connectivity index (χ4n) is 4.27. The molecule has 1 aliphatic rings. The van der Waals surface area contributed by atoms with Gasteiger partial charge in [-0.3, -0.25) is 0 Å². The van der Waals surface area contributed by atoms with Gasteiger partial charge < -0.3 is 10.1 Å². The van der Waals surface area contributed by atoms with Crippen LogP contribution in [0, 0.1) is 5.41 Å². The van der Waals surface area contributed by atoms with Gasteiger partial charge in [-0.1, -0.05) is 53.5 Å². The van der Waals surface area contributed by atoms with Gasteiger partial charge in [0.2, 0.25) is 0 Å². The van der Waals surface area contributed by atoms with Crippen LogP contribution in [0.25, 0.3) is 0 Å². The van der Waals surface area contributed by atoms with Crippen LogP contribution in [0.5, 0.6) is 0 Å². The average molecular weight is 406 g/mol. The number of hydrogen-bond acceptors (Lipinski definition) is 2. The van der Waals surface area contributed by atoms with Crippen LogP contribution in [-0.4, -0.2) is 18.8 Å². The van der Waals surface area contributed by atoms with Crippen LogP contribution in [0.15, 0.2) is 48.5 Å². The first-order chi connectivity index (χ1) is 12.9. The number of hydrogen-bond donors (Lipinski definition) is 1. The molecule has 0 saturated carbocycles. The van der Waals surface area contributed by atoms with Gasteiger partial charge in [-0.2, -0.15) is 0 Å². The molecule has 1 heterocycles. The first-order valence-corrected chi connectivity index (χ1v) is 10.5. The molecule has 3 rings (SSSR count). The highest BCUT2D eigenvalue weighted by atomic mass is 35.5. The molecule has 2 nitrogen and oxygen atoms in total. The second-order valence-electron chi connectivity index (χ2n) is 8.36. The van der Waals surface area contributed by atoms with E-state index in [2.05, 4.69) is 43.4 Å². The first-order valence-electron chi connectivity index (χ1n) is 9.70. The van der Waals surface area contributed by atoms with Crippen molar-refractivity contribution in [1.82, 2.24) is 5.32 Å². The van der Waals surface area contributed by atoms with Gasteiger partial charge in [0.05, 0.1) is 5.60 Å².